The van der Waals surface area contributed by atoms with Gasteiger partial charge in [-0.15, -0.1) is 5.11 Å². The lowest BCUT2D eigenvalue weighted by atomic mass is 10.0. The molecule has 10 heteroatoms. The van der Waals surface area contributed by atoms with Crippen LogP contribution >= 0.6 is 0 Å². The third-order valence-corrected chi connectivity index (χ3v) is 3.82. The van der Waals surface area contributed by atoms with Crippen LogP contribution in [0.1, 0.15) is 30.0 Å². The normalized spacial score (nSPS) is 14.6. The molecule has 0 aromatic carbocycles. The van der Waals surface area contributed by atoms with Gasteiger partial charge in [-0.1, -0.05) is 0 Å². The molecule has 2 aromatic heterocycles. The van der Waals surface area contributed by atoms with E-state index in [1.807, 2.05) is 6.92 Å². The molecule has 0 saturated carbocycles. The minimum absolute atomic E-state index is 0.00247. The van der Waals surface area contributed by atoms with Crippen molar-refractivity contribution >= 4 is 17.4 Å². The molecule has 0 fully saturated rings. The smallest absolute Gasteiger partial charge is 0.271 e. The SMILES string of the molecule is CCOc1cccn2c(C(=O)NC(C)(CO)C(N=NC)=NN)c(C)nc12. The van der Waals surface area contributed by atoms with Crippen LogP contribution in [-0.4, -0.2) is 52.0 Å². The Morgan fingerprint density at radius 3 is 2.85 bits per heavy atom. The number of aryl methyl sites for hydroxylation is 1. The summed E-state index contributed by atoms with van der Waals surface area (Å²) in [4.78, 5) is 17.3. The van der Waals surface area contributed by atoms with Gasteiger partial charge in [0.25, 0.3) is 5.91 Å². The maximum Gasteiger partial charge on any atom is 0.271 e. The zero-order valence-corrected chi connectivity index (χ0v) is 15.2. The third kappa shape index (κ3) is 3.49. The molecule has 0 spiro atoms. The summed E-state index contributed by atoms with van der Waals surface area (Å²) in [6, 6.07) is 3.55. The highest BCUT2D eigenvalue weighted by Gasteiger charge is 2.34. The summed E-state index contributed by atoms with van der Waals surface area (Å²) in [6.07, 6.45) is 1.72. The molecule has 4 N–H and O–H groups in total. The largest absolute Gasteiger partial charge is 0.490 e. The first-order valence-electron chi connectivity index (χ1n) is 8.03. The van der Waals surface area contributed by atoms with Crippen molar-refractivity contribution in [2.45, 2.75) is 26.3 Å². The van der Waals surface area contributed by atoms with E-state index in [1.54, 1.807) is 36.6 Å². The second-order valence-corrected chi connectivity index (χ2v) is 5.74. The number of hydrogen-bond acceptors (Lipinski definition) is 7. The molecule has 1 unspecified atom stereocenters. The number of aromatic nitrogens is 2. The Labute approximate surface area is 150 Å². The van der Waals surface area contributed by atoms with Crippen molar-refractivity contribution in [2.24, 2.45) is 21.2 Å². The minimum Gasteiger partial charge on any atom is -0.490 e. The molecular formula is C16H23N7O3. The first-order valence-corrected chi connectivity index (χ1v) is 8.03. The summed E-state index contributed by atoms with van der Waals surface area (Å²) >= 11 is 0. The fourth-order valence-corrected chi connectivity index (χ4v) is 2.55. The van der Waals surface area contributed by atoms with Gasteiger partial charge in [-0.05, 0) is 32.9 Å². The van der Waals surface area contributed by atoms with E-state index in [0.29, 0.717) is 29.4 Å². The van der Waals surface area contributed by atoms with E-state index in [2.05, 4.69) is 25.6 Å². The van der Waals surface area contributed by atoms with Gasteiger partial charge in [0, 0.05) is 13.2 Å². The van der Waals surface area contributed by atoms with Crippen molar-refractivity contribution in [1.82, 2.24) is 14.7 Å². The average Bonchev–Trinajstić information content (AvgIpc) is 2.96. The number of aliphatic hydroxyl groups is 1. The summed E-state index contributed by atoms with van der Waals surface area (Å²) in [5.41, 5.74) is 0.0485. The van der Waals surface area contributed by atoms with Gasteiger partial charge in [0.1, 0.15) is 11.2 Å². The van der Waals surface area contributed by atoms with E-state index in [-0.39, 0.29) is 5.84 Å². The first kappa shape index (κ1) is 19.3. The summed E-state index contributed by atoms with van der Waals surface area (Å²) in [5.74, 6) is 5.43. The number of carbonyl (C=O) groups is 1. The Morgan fingerprint density at radius 2 is 2.27 bits per heavy atom. The number of rotatable bonds is 6. The molecule has 1 atom stereocenters. The number of ether oxygens (including phenoxy) is 1. The molecule has 0 bridgehead atoms. The Hall–Kier alpha value is -3.01. The molecule has 0 radical (unpaired) electrons. The zero-order valence-electron chi connectivity index (χ0n) is 15.2. The summed E-state index contributed by atoms with van der Waals surface area (Å²) < 4.78 is 7.19. The summed E-state index contributed by atoms with van der Waals surface area (Å²) in [5, 5.41) is 23.4. The first-order chi connectivity index (χ1) is 12.4. The van der Waals surface area contributed by atoms with Crippen LogP contribution < -0.4 is 15.9 Å². The predicted octanol–water partition coefficient (Wildman–Crippen LogP) is 0.876. The van der Waals surface area contributed by atoms with Crippen molar-refractivity contribution in [1.29, 1.82) is 0 Å². The molecule has 140 valence electrons. The van der Waals surface area contributed by atoms with Crippen molar-refractivity contribution in [3.63, 3.8) is 0 Å². The molecule has 1 amide bonds. The summed E-state index contributed by atoms with van der Waals surface area (Å²) in [7, 11) is 1.44. The van der Waals surface area contributed by atoms with Crippen LogP contribution in [0.4, 0.5) is 0 Å². The van der Waals surface area contributed by atoms with E-state index >= 15 is 0 Å². The predicted molar refractivity (Wildman–Crippen MR) is 96.5 cm³/mol. The number of amidine groups is 1. The lowest BCUT2D eigenvalue weighted by molar-refractivity contribution is 0.0891. The van der Waals surface area contributed by atoms with Crippen LogP contribution in [-0.2, 0) is 0 Å². The number of aliphatic hydroxyl groups excluding tert-OH is 1. The van der Waals surface area contributed by atoms with Crippen molar-refractivity contribution in [2.75, 3.05) is 20.3 Å². The number of carbonyl (C=O) groups excluding carboxylic acids is 1. The van der Waals surface area contributed by atoms with Crippen LogP contribution in [0.2, 0.25) is 0 Å². The maximum atomic E-state index is 12.9. The molecular weight excluding hydrogens is 338 g/mol. The van der Waals surface area contributed by atoms with Gasteiger partial charge in [-0.3, -0.25) is 9.20 Å². The fraction of sp³-hybridized carbons (Fsp3) is 0.438. The van der Waals surface area contributed by atoms with Crippen molar-refractivity contribution in [3.05, 3.63) is 29.7 Å². The van der Waals surface area contributed by atoms with E-state index in [9.17, 15) is 9.90 Å². The highest BCUT2D eigenvalue weighted by Crippen LogP contribution is 2.22. The number of hydrogen-bond donors (Lipinski definition) is 3. The molecule has 2 rings (SSSR count). The third-order valence-electron chi connectivity index (χ3n) is 3.82. The van der Waals surface area contributed by atoms with E-state index in [4.69, 9.17) is 10.6 Å². The number of amides is 1. The topological polar surface area (TPSA) is 139 Å². The monoisotopic (exact) mass is 361 g/mol. The number of hydrazone groups is 1. The van der Waals surface area contributed by atoms with Crippen LogP contribution in [0.15, 0.2) is 33.7 Å². The van der Waals surface area contributed by atoms with E-state index in [0.717, 1.165) is 0 Å². The van der Waals surface area contributed by atoms with Gasteiger partial charge in [-0.2, -0.15) is 10.2 Å². The highest BCUT2D eigenvalue weighted by atomic mass is 16.5. The summed E-state index contributed by atoms with van der Waals surface area (Å²) in [6.45, 7) is 5.16. The van der Waals surface area contributed by atoms with Gasteiger partial charge >= 0.3 is 0 Å². The van der Waals surface area contributed by atoms with Crippen LogP contribution in [0.25, 0.3) is 5.65 Å². The number of pyridine rings is 1. The van der Waals surface area contributed by atoms with Gasteiger partial charge in [0.15, 0.2) is 17.2 Å². The molecule has 26 heavy (non-hydrogen) atoms. The maximum absolute atomic E-state index is 12.9. The lowest BCUT2D eigenvalue weighted by Crippen LogP contribution is -2.55. The van der Waals surface area contributed by atoms with Gasteiger partial charge in [0.05, 0.1) is 18.9 Å². The Morgan fingerprint density at radius 1 is 1.54 bits per heavy atom. The second-order valence-electron chi connectivity index (χ2n) is 5.74. The van der Waals surface area contributed by atoms with E-state index in [1.165, 1.54) is 7.05 Å². The zero-order chi connectivity index (χ0) is 19.3. The lowest BCUT2D eigenvalue weighted by Gasteiger charge is -2.26. The quantitative estimate of drug-likeness (QED) is 0.230. The Kier molecular flexibility index (Phi) is 5.88. The van der Waals surface area contributed by atoms with Gasteiger partial charge < -0.3 is 21.0 Å². The molecule has 2 aromatic rings. The molecule has 0 aliphatic rings. The van der Waals surface area contributed by atoms with E-state index < -0.39 is 18.1 Å². The van der Waals surface area contributed by atoms with Crippen molar-refractivity contribution in [3.8, 4) is 5.75 Å². The van der Waals surface area contributed by atoms with Crippen molar-refractivity contribution < 1.29 is 14.6 Å². The van der Waals surface area contributed by atoms with Crippen LogP contribution in [0.3, 0.4) is 0 Å². The second kappa shape index (κ2) is 7.91. The number of nitrogens with two attached hydrogens (primary N) is 1. The molecule has 10 nitrogen and oxygen atoms in total. The number of azo groups is 1. The van der Waals surface area contributed by atoms with Crippen LogP contribution in [0.5, 0.6) is 5.75 Å². The minimum atomic E-state index is -1.31. The molecule has 0 aliphatic carbocycles. The molecule has 2 heterocycles. The molecule has 0 aliphatic heterocycles. The Balaban J connectivity index is 2.47. The Bertz CT molecular complexity index is 859. The van der Waals surface area contributed by atoms with Gasteiger partial charge in [-0.25, -0.2) is 4.98 Å². The number of fused-ring (bicyclic) bond motifs is 1. The highest BCUT2D eigenvalue weighted by molar-refractivity contribution is 6.01. The average molecular weight is 361 g/mol. The fourth-order valence-electron chi connectivity index (χ4n) is 2.55. The van der Waals surface area contributed by atoms with Gasteiger partial charge in [0.2, 0.25) is 0 Å². The number of nitrogens with one attached hydrogen (secondary N) is 1. The van der Waals surface area contributed by atoms with Crippen LogP contribution in [0, 0.1) is 6.92 Å². The number of nitrogens with zero attached hydrogens (tertiary/aromatic N) is 5. The number of imidazole rings is 1. The molecule has 0 saturated heterocycles. The standard InChI is InChI=1S/C16H23N7O3/c1-5-26-11-7-6-8-23-12(10(2)19-13(11)23)14(25)20-16(3,9-24)15(21-17)22-18-4/h6-8,24H,5,9,17H2,1-4H3,(H,20,25).